The van der Waals surface area contributed by atoms with Crippen molar-refractivity contribution in [2.75, 3.05) is 14.1 Å². The highest BCUT2D eigenvalue weighted by atomic mass is 15.0. The van der Waals surface area contributed by atoms with E-state index in [9.17, 15) is 0 Å². The molecular weight excluding hydrogens is 158 g/mol. The first kappa shape index (κ1) is 12.2. The van der Waals surface area contributed by atoms with Crippen LogP contribution in [0.5, 0.6) is 0 Å². The van der Waals surface area contributed by atoms with E-state index in [2.05, 4.69) is 50.2 Å². The van der Waals surface area contributed by atoms with Crippen LogP contribution in [-0.2, 0) is 6.54 Å². The standard InChI is InChI=1S/C10H15N.C2H6/c1-9-4-6-10(7-5-9)8-11(2)3;1-2/h4-7H,8H2,1-3H3;1-2H3. The van der Waals surface area contributed by atoms with Crippen molar-refractivity contribution in [3.63, 3.8) is 0 Å². The lowest BCUT2D eigenvalue weighted by Gasteiger charge is -2.08. The van der Waals surface area contributed by atoms with Gasteiger partial charge < -0.3 is 4.90 Å². The van der Waals surface area contributed by atoms with Crippen LogP contribution in [0.25, 0.3) is 0 Å². The van der Waals surface area contributed by atoms with Crippen LogP contribution in [0, 0.1) is 6.92 Å². The predicted octanol–water partition coefficient (Wildman–Crippen LogP) is 3.08. The van der Waals surface area contributed by atoms with Crippen LogP contribution in [0.4, 0.5) is 0 Å². The third-order valence-electron chi connectivity index (χ3n) is 1.62. The zero-order valence-corrected chi connectivity index (χ0v) is 9.46. The lowest BCUT2D eigenvalue weighted by molar-refractivity contribution is 0.402. The summed E-state index contributed by atoms with van der Waals surface area (Å²) in [6, 6.07) is 8.66. The van der Waals surface area contributed by atoms with Crippen LogP contribution in [0.1, 0.15) is 25.0 Å². The maximum atomic E-state index is 2.18. The molecule has 1 aromatic carbocycles. The minimum atomic E-state index is 1.03. The molecule has 0 aromatic heterocycles. The van der Waals surface area contributed by atoms with Gasteiger partial charge in [-0.15, -0.1) is 0 Å². The molecule has 1 aromatic rings. The van der Waals surface area contributed by atoms with E-state index < -0.39 is 0 Å². The van der Waals surface area contributed by atoms with Gasteiger partial charge in [0.05, 0.1) is 0 Å². The van der Waals surface area contributed by atoms with Crippen molar-refractivity contribution in [2.24, 2.45) is 0 Å². The third-order valence-corrected chi connectivity index (χ3v) is 1.62. The summed E-state index contributed by atoms with van der Waals surface area (Å²) in [5, 5.41) is 0. The zero-order chi connectivity index (χ0) is 10.3. The SMILES string of the molecule is CC.Cc1ccc(CN(C)C)cc1. The average molecular weight is 179 g/mol. The first-order chi connectivity index (χ1) is 6.18. The van der Waals surface area contributed by atoms with Gasteiger partial charge in [-0.25, -0.2) is 0 Å². The van der Waals surface area contributed by atoms with E-state index in [4.69, 9.17) is 0 Å². The molecule has 0 bridgehead atoms. The highest BCUT2D eigenvalue weighted by Crippen LogP contribution is 2.04. The van der Waals surface area contributed by atoms with Gasteiger partial charge >= 0.3 is 0 Å². The summed E-state index contributed by atoms with van der Waals surface area (Å²) >= 11 is 0. The molecule has 0 N–H and O–H groups in total. The molecule has 0 heterocycles. The number of hydrogen-bond donors (Lipinski definition) is 0. The maximum absolute atomic E-state index is 2.18. The van der Waals surface area contributed by atoms with E-state index in [0.29, 0.717) is 0 Å². The molecule has 0 atom stereocenters. The lowest BCUT2D eigenvalue weighted by atomic mass is 10.1. The minimum absolute atomic E-state index is 1.03. The van der Waals surface area contributed by atoms with Gasteiger partial charge in [-0.1, -0.05) is 43.7 Å². The summed E-state index contributed by atoms with van der Waals surface area (Å²) in [4.78, 5) is 2.17. The Morgan fingerprint density at radius 2 is 1.46 bits per heavy atom. The largest absolute Gasteiger partial charge is 0.305 e. The number of nitrogens with zero attached hydrogens (tertiary/aromatic N) is 1. The van der Waals surface area contributed by atoms with Crippen LogP contribution in [0.15, 0.2) is 24.3 Å². The van der Waals surface area contributed by atoms with Gasteiger partial charge in [0.25, 0.3) is 0 Å². The van der Waals surface area contributed by atoms with Crippen molar-refractivity contribution in [1.82, 2.24) is 4.90 Å². The molecule has 0 aliphatic heterocycles. The van der Waals surface area contributed by atoms with Crippen molar-refractivity contribution in [3.05, 3.63) is 35.4 Å². The fourth-order valence-corrected chi connectivity index (χ4v) is 1.06. The average Bonchev–Trinajstić information content (AvgIpc) is 2.12. The van der Waals surface area contributed by atoms with Crippen LogP contribution in [0.2, 0.25) is 0 Å². The van der Waals surface area contributed by atoms with Crippen molar-refractivity contribution in [2.45, 2.75) is 27.3 Å². The molecule has 1 rings (SSSR count). The molecular formula is C12H21N. The Labute approximate surface area is 82.4 Å². The summed E-state index contributed by atoms with van der Waals surface area (Å²) in [5.41, 5.74) is 2.70. The number of benzene rings is 1. The molecule has 13 heavy (non-hydrogen) atoms. The van der Waals surface area contributed by atoms with Crippen LogP contribution in [0.3, 0.4) is 0 Å². The van der Waals surface area contributed by atoms with Gasteiger partial charge in [0, 0.05) is 6.54 Å². The van der Waals surface area contributed by atoms with Crippen LogP contribution >= 0.6 is 0 Å². The van der Waals surface area contributed by atoms with Gasteiger partial charge in [0.2, 0.25) is 0 Å². The fourth-order valence-electron chi connectivity index (χ4n) is 1.06. The van der Waals surface area contributed by atoms with Gasteiger partial charge in [-0.05, 0) is 26.6 Å². The minimum Gasteiger partial charge on any atom is -0.305 e. The van der Waals surface area contributed by atoms with Crippen molar-refractivity contribution in [1.29, 1.82) is 0 Å². The summed E-state index contributed by atoms with van der Waals surface area (Å²) < 4.78 is 0. The van der Waals surface area contributed by atoms with Crippen molar-refractivity contribution < 1.29 is 0 Å². The van der Waals surface area contributed by atoms with Crippen LogP contribution < -0.4 is 0 Å². The Morgan fingerprint density at radius 1 is 1.00 bits per heavy atom. The van der Waals surface area contributed by atoms with Gasteiger partial charge in [0.1, 0.15) is 0 Å². The fraction of sp³-hybridized carbons (Fsp3) is 0.500. The van der Waals surface area contributed by atoms with E-state index in [-0.39, 0.29) is 0 Å². The second-order valence-corrected chi connectivity index (χ2v) is 3.22. The van der Waals surface area contributed by atoms with E-state index in [1.807, 2.05) is 13.8 Å². The molecule has 0 saturated carbocycles. The first-order valence-corrected chi connectivity index (χ1v) is 4.89. The molecule has 1 nitrogen and oxygen atoms in total. The summed E-state index contributed by atoms with van der Waals surface area (Å²) in [5.74, 6) is 0. The van der Waals surface area contributed by atoms with Gasteiger partial charge in [-0.3, -0.25) is 0 Å². The summed E-state index contributed by atoms with van der Waals surface area (Å²) in [6.45, 7) is 7.14. The Bertz CT molecular complexity index is 211. The Balaban J connectivity index is 0.000000671. The maximum Gasteiger partial charge on any atom is 0.0227 e. The Hall–Kier alpha value is -0.820. The molecule has 0 aliphatic carbocycles. The van der Waals surface area contributed by atoms with E-state index in [0.717, 1.165) is 6.54 Å². The molecule has 74 valence electrons. The van der Waals surface area contributed by atoms with Gasteiger partial charge in [0.15, 0.2) is 0 Å². The lowest BCUT2D eigenvalue weighted by Crippen LogP contribution is -2.10. The highest BCUT2D eigenvalue weighted by molar-refractivity contribution is 5.20. The molecule has 0 saturated heterocycles. The number of aryl methyl sites for hydroxylation is 1. The molecule has 0 unspecified atom stereocenters. The topological polar surface area (TPSA) is 3.24 Å². The predicted molar refractivity (Wildman–Crippen MR) is 59.9 cm³/mol. The smallest absolute Gasteiger partial charge is 0.0227 e. The number of rotatable bonds is 2. The zero-order valence-electron chi connectivity index (χ0n) is 9.46. The van der Waals surface area contributed by atoms with Crippen LogP contribution in [-0.4, -0.2) is 19.0 Å². The molecule has 1 heteroatoms. The molecule has 0 fully saturated rings. The summed E-state index contributed by atoms with van der Waals surface area (Å²) in [7, 11) is 4.17. The highest BCUT2D eigenvalue weighted by Gasteiger charge is 1.92. The Kier molecular flexibility index (Phi) is 6.25. The molecule has 0 radical (unpaired) electrons. The van der Waals surface area contributed by atoms with E-state index in [1.165, 1.54) is 11.1 Å². The first-order valence-electron chi connectivity index (χ1n) is 4.89. The van der Waals surface area contributed by atoms with Crippen molar-refractivity contribution >= 4 is 0 Å². The quantitative estimate of drug-likeness (QED) is 0.674. The second-order valence-electron chi connectivity index (χ2n) is 3.22. The molecule has 0 amide bonds. The second kappa shape index (κ2) is 6.67. The molecule has 0 aliphatic rings. The summed E-state index contributed by atoms with van der Waals surface area (Å²) in [6.07, 6.45) is 0. The van der Waals surface area contributed by atoms with Crippen molar-refractivity contribution in [3.8, 4) is 0 Å². The number of hydrogen-bond acceptors (Lipinski definition) is 1. The molecule has 0 spiro atoms. The normalized spacial score (nSPS) is 9.38. The monoisotopic (exact) mass is 179 g/mol. The van der Waals surface area contributed by atoms with E-state index >= 15 is 0 Å². The Morgan fingerprint density at radius 3 is 1.85 bits per heavy atom. The third kappa shape index (κ3) is 5.42. The van der Waals surface area contributed by atoms with Gasteiger partial charge in [-0.2, -0.15) is 0 Å². The van der Waals surface area contributed by atoms with E-state index in [1.54, 1.807) is 0 Å².